The number of hydrogen-bond acceptors (Lipinski definition) is 6. The summed E-state index contributed by atoms with van der Waals surface area (Å²) < 4.78 is 5.23. The van der Waals surface area contributed by atoms with Crippen LogP contribution in [0.4, 0.5) is 5.82 Å². The van der Waals surface area contributed by atoms with Crippen molar-refractivity contribution < 1.29 is 14.9 Å². The third-order valence-electron chi connectivity index (χ3n) is 3.58. The number of ether oxygens (including phenoxy) is 1. The molecule has 0 radical (unpaired) electrons. The Kier molecular flexibility index (Phi) is 4.90. The molecule has 26 heavy (non-hydrogen) atoms. The van der Waals surface area contributed by atoms with E-state index in [1.54, 1.807) is 48.5 Å². The molecule has 0 aliphatic rings. The van der Waals surface area contributed by atoms with E-state index in [2.05, 4.69) is 10.1 Å². The molecule has 0 bridgehead atoms. The molecular weight excluding hydrogens is 362 g/mol. The molecule has 3 aromatic rings. The zero-order valence-electron chi connectivity index (χ0n) is 13.6. The minimum absolute atomic E-state index is 0.0672. The van der Waals surface area contributed by atoms with E-state index in [0.717, 1.165) is 4.80 Å². The Morgan fingerprint density at radius 2 is 1.96 bits per heavy atom. The topological polar surface area (TPSA) is 108 Å². The molecule has 0 atom stereocenters. The Morgan fingerprint density at radius 3 is 2.62 bits per heavy atom. The van der Waals surface area contributed by atoms with Gasteiger partial charge in [-0.05, 0) is 40.1 Å². The molecule has 1 aromatic heterocycles. The van der Waals surface area contributed by atoms with Crippen LogP contribution < -0.4 is 10.2 Å². The second-order valence-corrected chi connectivity index (χ2v) is 5.62. The first kappa shape index (κ1) is 17.5. The molecule has 134 valence electrons. The van der Waals surface area contributed by atoms with Crippen molar-refractivity contribution in [2.24, 2.45) is 4.99 Å². The van der Waals surface area contributed by atoms with Gasteiger partial charge in [-0.2, -0.15) is 0 Å². The van der Waals surface area contributed by atoms with Gasteiger partial charge in [0.2, 0.25) is 0 Å². The zero-order chi connectivity index (χ0) is 18.7. The average Bonchev–Trinajstić information content (AvgIpc) is 2.97. The molecule has 0 fully saturated rings. The summed E-state index contributed by atoms with van der Waals surface area (Å²) in [6, 6.07) is 13.4. The maximum atomic E-state index is 11.3. The molecule has 0 aliphatic carbocycles. The van der Waals surface area contributed by atoms with Gasteiger partial charge in [-0.3, -0.25) is 4.99 Å². The Bertz CT molecular complexity index is 1010. The van der Waals surface area contributed by atoms with Gasteiger partial charge >= 0.3 is 5.82 Å². The molecule has 0 saturated heterocycles. The van der Waals surface area contributed by atoms with Gasteiger partial charge in [0.15, 0.2) is 0 Å². The van der Waals surface area contributed by atoms with Gasteiger partial charge in [0.05, 0.1) is 18.8 Å². The summed E-state index contributed by atoms with van der Waals surface area (Å²) in [5, 5.41) is 26.0. The van der Waals surface area contributed by atoms with Gasteiger partial charge in [0, 0.05) is 10.6 Å². The molecule has 0 aliphatic heterocycles. The predicted octanol–water partition coefficient (Wildman–Crippen LogP) is 2.58. The smallest absolute Gasteiger partial charge is 0.438 e. The fourth-order valence-electron chi connectivity index (χ4n) is 2.34. The molecule has 1 heterocycles. The first-order chi connectivity index (χ1) is 12.5. The quantitative estimate of drug-likeness (QED) is 0.419. The summed E-state index contributed by atoms with van der Waals surface area (Å²) >= 11 is 5.83. The van der Waals surface area contributed by atoms with Crippen molar-refractivity contribution >= 4 is 17.4 Å². The number of rotatable bonds is 5. The summed E-state index contributed by atoms with van der Waals surface area (Å²) in [6.07, 6.45) is 0. The third-order valence-corrected chi connectivity index (χ3v) is 3.83. The van der Waals surface area contributed by atoms with Crippen molar-refractivity contribution in [3.8, 4) is 11.4 Å². The van der Waals surface area contributed by atoms with Crippen LogP contribution in [0.2, 0.25) is 5.02 Å². The molecular formula is C16H14ClN5O4. The molecule has 10 heteroatoms. The number of halogens is 1. The lowest BCUT2D eigenvalue weighted by atomic mass is 10.2. The molecule has 0 spiro atoms. The van der Waals surface area contributed by atoms with Gasteiger partial charge in [0.1, 0.15) is 11.4 Å². The predicted molar refractivity (Wildman–Crippen MR) is 92.7 cm³/mol. The van der Waals surface area contributed by atoms with Gasteiger partial charge in [-0.1, -0.05) is 34.6 Å². The lowest BCUT2D eigenvalue weighted by molar-refractivity contribution is -0.391. The van der Waals surface area contributed by atoms with Crippen molar-refractivity contribution in [3.63, 3.8) is 0 Å². The van der Waals surface area contributed by atoms with E-state index in [-0.39, 0.29) is 12.0 Å². The summed E-state index contributed by atoms with van der Waals surface area (Å²) in [4.78, 5) is 16.2. The van der Waals surface area contributed by atoms with Crippen molar-refractivity contribution in [2.45, 2.75) is 6.54 Å². The SMILES string of the molecule is COc1ccccc1CN=c1c([N+](=O)[O-])nn(-c2ccc(Cl)cc2)n1O. The van der Waals surface area contributed by atoms with Crippen LogP contribution in [0.5, 0.6) is 5.75 Å². The van der Waals surface area contributed by atoms with Crippen LogP contribution in [0.15, 0.2) is 53.5 Å². The van der Waals surface area contributed by atoms with E-state index in [9.17, 15) is 15.3 Å². The molecule has 1 N–H and O–H groups in total. The van der Waals surface area contributed by atoms with Crippen molar-refractivity contribution in [2.75, 3.05) is 7.11 Å². The van der Waals surface area contributed by atoms with E-state index in [1.807, 2.05) is 0 Å². The largest absolute Gasteiger partial charge is 0.496 e. The maximum absolute atomic E-state index is 11.3. The molecule has 0 unspecified atom stereocenters. The number of aromatic nitrogens is 3. The van der Waals surface area contributed by atoms with E-state index in [4.69, 9.17) is 16.3 Å². The number of para-hydroxylation sites is 1. The van der Waals surface area contributed by atoms with E-state index >= 15 is 0 Å². The van der Waals surface area contributed by atoms with Crippen molar-refractivity contribution in [1.82, 2.24) is 14.7 Å². The second-order valence-electron chi connectivity index (χ2n) is 5.19. The van der Waals surface area contributed by atoms with Crippen LogP contribution in [-0.4, -0.2) is 32.0 Å². The van der Waals surface area contributed by atoms with Crippen molar-refractivity contribution in [3.05, 3.63) is 74.7 Å². The van der Waals surface area contributed by atoms with E-state index in [0.29, 0.717) is 26.9 Å². The summed E-state index contributed by atoms with van der Waals surface area (Å²) in [5.41, 5.74) is 0.818. The normalized spacial score (nSPS) is 11.5. The van der Waals surface area contributed by atoms with Crippen molar-refractivity contribution in [1.29, 1.82) is 0 Å². The second kappa shape index (κ2) is 7.28. The highest BCUT2D eigenvalue weighted by molar-refractivity contribution is 6.30. The van der Waals surface area contributed by atoms with Crippen LogP contribution in [0.3, 0.4) is 0 Å². The Hall–Kier alpha value is -3.33. The van der Waals surface area contributed by atoms with Crippen LogP contribution in [-0.2, 0) is 6.54 Å². The number of nitro groups is 1. The summed E-state index contributed by atoms with van der Waals surface area (Å²) in [7, 11) is 1.52. The Labute approximate surface area is 152 Å². The van der Waals surface area contributed by atoms with E-state index in [1.165, 1.54) is 7.11 Å². The van der Waals surface area contributed by atoms with E-state index < -0.39 is 10.7 Å². The maximum Gasteiger partial charge on any atom is 0.438 e. The summed E-state index contributed by atoms with van der Waals surface area (Å²) in [5.74, 6) is 0.0193. The first-order valence-corrected chi connectivity index (χ1v) is 7.83. The van der Waals surface area contributed by atoms with Gasteiger partial charge in [-0.15, -0.1) is 0 Å². The monoisotopic (exact) mass is 375 g/mol. The fraction of sp³-hybridized carbons (Fsp3) is 0.125. The molecule has 3 rings (SSSR count). The Balaban J connectivity index is 2.08. The van der Waals surface area contributed by atoms with Gasteiger partial charge in [0.25, 0.3) is 5.49 Å². The zero-order valence-corrected chi connectivity index (χ0v) is 14.4. The van der Waals surface area contributed by atoms with Crippen LogP contribution in [0.1, 0.15) is 5.56 Å². The lowest BCUT2D eigenvalue weighted by Gasteiger charge is -2.04. The summed E-state index contributed by atoms with van der Waals surface area (Å²) in [6.45, 7) is 0.0672. The molecule has 0 amide bonds. The molecule has 0 saturated carbocycles. The highest BCUT2D eigenvalue weighted by atomic mass is 35.5. The van der Waals surface area contributed by atoms with Gasteiger partial charge < -0.3 is 20.1 Å². The number of benzene rings is 2. The highest BCUT2D eigenvalue weighted by Crippen LogP contribution is 2.18. The number of nitrogens with zero attached hydrogens (tertiary/aromatic N) is 5. The van der Waals surface area contributed by atoms with Crippen LogP contribution >= 0.6 is 11.6 Å². The standard InChI is InChI=1S/C16H14ClN5O4/c1-26-14-5-3-2-4-11(14)10-18-15-16(22(24)25)19-20(21(15)23)13-8-6-12(17)7-9-13/h2-9,23H,10H2,1H3. The van der Waals surface area contributed by atoms with Gasteiger partial charge in [-0.25, -0.2) is 0 Å². The lowest BCUT2D eigenvalue weighted by Crippen LogP contribution is -2.22. The van der Waals surface area contributed by atoms with Crippen LogP contribution in [0.25, 0.3) is 5.69 Å². The minimum atomic E-state index is -0.708. The average molecular weight is 376 g/mol. The minimum Gasteiger partial charge on any atom is -0.496 e. The first-order valence-electron chi connectivity index (χ1n) is 7.45. The number of hydrogen-bond donors (Lipinski definition) is 1. The Morgan fingerprint density at radius 1 is 1.27 bits per heavy atom. The third kappa shape index (κ3) is 3.38. The fourth-order valence-corrected chi connectivity index (χ4v) is 2.47. The molecule has 2 aromatic carbocycles. The highest BCUT2D eigenvalue weighted by Gasteiger charge is 2.24. The molecule has 9 nitrogen and oxygen atoms in total. The van der Waals surface area contributed by atoms with Crippen LogP contribution in [0, 0.1) is 10.1 Å². The number of methoxy groups -OCH3 is 1.